The van der Waals surface area contributed by atoms with Crippen LogP contribution in [0.2, 0.25) is 0 Å². The summed E-state index contributed by atoms with van der Waals surface area (Å²) in [6, 6.07) is 1.93. The van der Waals surface area contributed by atoms with Gasteiger partial charge in [-0.1, -0.05) is 0 Å². The third kappa shape index (κ3) is 1.70. The first-order valence-electron chi connectivity index (χ1n) is 3.76. The molecule has 0 saturated carbocycles. The fourth-order valence-corrected chi connectivity index (χ4v) is 2.30. The lowest BCUT2D eigenvalue weighted by molar-refractivity contribution is 0.195. The van der Waals surface area contributed by atoms with Crippen LogP contribution in [0.3, 0.4) is 0 Å². The lowest BCUT2D eigenvalue weighted by Crippen LogP contribution is -2.49. The second-order valence-corrected chi connectivity index (χ2v) is 5.41. The van der Waals surface area contributed by atoms with Gasteiger partial charge in [0.25, 0.3) is 9.24 Å². The molecule has 13 heavy (non-hydrogen) atoms. The van der Waals surface area contributed by atoms with Crippen LogP contribution in [0.25, 0.3) is 0 Å². The molecule has 0 bridgehead atoms. The summed E-state index contributed by atoms with van der Waals surface area (Å²) in [5.74, 6) is 0. The molecule has 5 nitrogen and oxygen atoms in total. The molecule has 0 unspecified atom stereocenters. The monoisotopic (exact) mass is 221 g/mol. The molecule has 7 heteroatoms. The molecule has 1 fully saturated rings. The Morgan fingerprint density at radius 1 is 1.46 bits per heavy atom. The van der Waals surface area contributed by atoms with Crippen molar-refractivity contribution >= 4 is 19.9 Å². The average Bonchev–Trinajstić information content (AvgIpc) is 2.31. The van der Waals surface area contributed by atoms with Gasteiger partial charge in [0, 0.05) is 36.2 Å². The lowest BCUT2D eigenvalue weighted by atomic mass is 10.2. The highest BCUT2D eigenvalue weighted by atomic mass is 35.7. The standard InChI is InChI=1S/C6H8ClN3O2S/c7-13(11,12)9-4-6(5-9)10-3-1-2-8-10/h1-3,6H,4-5H2. The van der Waals surface area contributed by atoms with Gasteiger partial charge in [0.05, 0.1) is 6.04 Å². The summed E-state index contributed by atoms with van der Waals surface area (Å²) >= 11 is 0. The zero-order valence-electron chi connectivity index (χ0n) is 6.67. The summed E-state index contributed by atoms with van der Waals surface area (Å²) < 4.78 is 24.5. The summed E-state index contributed by atoms with van der Waals surface area (Å²) in [6.45, 7) is 0.820. The average molecular weight is 222 g/mol. The predicted octanol–water partition coefficient (Wildman–Crippen LogP) is 0.223. The molecule has 1 aliphatic heterocycles. The van der Waals surface area contributed by atoms with Crippen LogP contribution >= 0.6 is 10.7 Å². The molecule has 0 N–H and O–H groups in total. The van der Waals surface area contributed by atoms with Crippen LogP contribution in [0.5, 0.6) is 0 Å². The normalized spacial score (nSPS) is 20.1. The van der Waals surface area contributed by atoms with E-state index in [1.807, 2.05) is 6.20 Å². The van der Waals surface area contributed by atoms with Crippen molar-refractivity contribution in [2.75, 3.05) is 13.1 Å². The first kappa shape index (κ1) is 8.98. The van der Waals surface area contributed by atoms with E-state index in [1.165, 1.54) is 4.31 Å². The molecule has 1 aromatic rings. The highest BCUT2D eigenvalue weighted by Crippen LogP contribution is 2.24. The Morgan fingerprint density at radius 3 is 2.62 bits per heavy atom. The van der Waals surface area contributed by atoms with Crippen molar-refractivity contribution < 1.29 is 8.42 Å². The van der Waals surface area contributed by atoms with Gasteiger partial charge in [-0.3, -0.25) is 4.68 Å². The number of hydrogen-bond donors (Lipinski definition) is 0. The van der Waals surface area contributed by atoms with E-state index in [1.54, 1.807) is 16.9 Å². The number of rotatable bonds is 2. The maximum absolute atomic E-state index is 10.8. The Labute approximate surface area is 80.5 Å². The summed E-state index contributed by atoms with van der Waals surface area (Å²) in [6.07, 6.45) is 3.47. The summed E-state index contributed by atoms with van der Waals surface area (Å²) in [5.41, 5.74) is 0. The fraction of sp³-hybridized carbons (Fsp3) is 0.500. The first-order chi connectivity index (χ1) is 6.07. The van der Waals surface area contributed by atoms with E-state index >= 15 is 0 Å². The zero-order chi connectivity index (χ0) is 9.47. The largest absolute Gasteiger partial charge is 0.299 e. The molecule has 1 aromatic heterocycles. The van der Waals surface area contributed by atoms with Gasteiger partial charge in [-0.05, 0) is 6.07 Å². The summed E-state index contributed by atoms with van der Waals surface area (Å²) in [7, 11) is 1.60. The minimum atomic E-state index is -3.53. The number of nitrogens with zero attached hydrogens (tertiary/aromatic N) is 3. The Bertz CT molecular complexity index is 382. The van der Waals surface area contributed by atoms with Crippen LogP contribution in [-0.2, 0) is 9.24 Å². The molecule has 0 spiro atoms. The van der Waals surface area contributed by atoms with E-state index in [0.29, 0.717) is 13.1 Å². The molecular formula is C6H8ClN3O2S. The van der Waals surface area contributed by atoms with E-state index in [9.17, 15) is 8.42 Å². The van der Waals surface area contributed by atoms with Gasteiger partial charge >= 0.3 is 0 Å². The predicted molar refractivity (Wildman–Crippen MR) is 47.6 cm³/mol. The van der Waals surface area contributed by atoms with Crippen LogP contribution in [0.15, 0.2) is 18.5 Å². The minimum Gasteiger partial charge on any atom is -0.267 e. The van der Waals surface area contributed by atoms with Crippen molar-refractivity contribution in [3.8, 4) is 0 Å². The van der Waals surface area contributed by atoms with Gasteiger partial charge in [-0.15, -0.1) is 0 Å². The van der Waals surface area contributed by atoms with Crippen LogP contribution in [0, 0.1) is 0 Å². The van der Waals surface area contributed by atoms with E-state index in [0.717, 1.165) is 0 Å². The number of halogens is 1. The molecule has 2 heterocycles. The Kier molecular flexibility index (Phi) is 2.05. The van der Waals surface area contributed by atoms with Crippen LogP contribution in [-0.4, -0.2) is 35.6 Å². The minimum absolute atomic E-state index is 0.128. The fourth-order valence-electron chi connectivity index (χ4n) is 1.26. The second-order valence-electron chi connectivity index (χ2n) is 2.90. The van der Waals surface area contributed by atoms with Gasteiger partial charge < -0.3 is 0 Å². The van der Waals surface area contributed by atoms with Crippen molar-refractivity contribution in [2.45, 2.75) is 6.04 Å². The molecule has 0 radical (unpaired) electrons. The molecule has 72 valence electrons. The third-order valence-electron chi connectivity index (χ3n) is 2.04. The maximum atomic E-state index is 10.8. The zero-order valence-corrected chi connectivity index (χ0v) is 8.24. The molecule has 0 aromatic carbocycles. The number of aromatic nitrogens is 2. The maximum Gasteiger partial charge on any atom is 0.299 e. The highest BCUT2D eigenvalue weighted by Gasteiger charge is 2.35. The van der Waals surface area contributed by atoms with Gasteiger partial charge in [0.15, 0.2) is 0 Å². The van der Waals surface area contributed by atoms with Crippen molar-refractivity contribution in [1.82, 2.24) is 14.1 Å². The third-order valence-corrected chi connectivity index (χ3v) is 3.54. The summed E-state index contributed by atoms with van der Waals surface area (Å²) in [5, 5.41) is 4.01. The van der Waals surface area contributed by atoms with Crippen molar-refractivity contribution in [1.29, 1.82) is 0 Å². The molecule has 0 amide bonds. The molecular weight excluding hydrogens is 214 g/mol. The molecule has 0 aliphatic carbocycles. The van der Waals surface area contributed by atoms with E-state index in [4.69, 9.17) is 10.7 Å². The molecule has 2 rings (SSSR count). The van der Waals surface area contributed by atoms with Gasteiger partial charge in [-0.25, -0.2) is 0 Å². The SMILES string of the molecule is O=S(=O)(Cl)N1CC(n2cccn2)C1. The lowest BCUT2D eigenvalue weighted by Gasteiger charge is -2.35. The molecule has 0 atom stereocenters. The van der Waals surface area contributed by atoms with Crippen LogP contribution in [0.1, 0.15) is 6.04 Å². The Morgan fingerprint density at radius 2 is 2.15 bits per heavy atom. The number of hydrogen-bond acceptors (Lipinski definition) is 3. The first-order valence-corrected chi connectivity index (χ1v) is 6.03. The van der Waals surface area contributed by atoms with E-state index in [-0.39, 0.29) is 6.04 Å². The summed E-state index contributed by atoms with van der Waals surface area (Å²) in [4.78, 5) is 0. The van der Waals surface area contributed by atoms with E-state index < -0.39 is 9.24 Å². The topological polar surface area (TPSA) is 55.2 Å². The quantitative estimate of drug-likeness (QED) is 0.672. The van der Waals surface area contributed by atoms with Gasteiger partial charge in [-0.2, -0.15) is 17.8 Å². The molecule has 1 saturated heterocycles. The smallest absolute Gasteiger partial charge is 0.267 e. The van der Waals surface area contributed by atoms with Crippen molar-refractivity contribution in [3.05, 3.63) is 18.5 Å². The van der Waals surface area contributed by atoms with Crippen molar-refractivity contribution in [3.63, 3.8) is 0 Å². The highest BCUT2D eigenvalue weighted by molar-refractivity contribution is 8.11. The van der Waals surface area contributed by atoms with Crippen molar-refractivity contribution in [2.24, 2.45) is 0 Å². The van der Waals surface area contributed by atoms with Gasteiger partial charge in [0.1, 0.15) is 0 Å². The second kappa shape index (κ2) is 2.97. The van der Waals surface area contributed by atoms with Crippen LogP contribution in [0.4, 0.5) is 0 Å². The Balaban J connectivity index is 2.00. The van der Waals surface area contributed by atoms with Gasteiger partial charge in [0.2, 0.25) is 0 Å². The molecule has 1 aliphatic rings. The Hall–Kier alpha value is -0.590. The van der Waals surface area contributed by atoms with E-state index in [2.05, 4.69) is 5.10 Å². The van der Waals surface area contributed by atoms with Crippen LogP contribution < -0.4 is 0 Å².